The summed E-state index contributed by atoms with van der Waals surface area (Å²) in [6.45, 7) is 3.02. The van der Waals surface area contributed by atoms with Gasteiger partial charge in [0.2, 0.25) is 0 Å². The molecule has 0 spiro atoms. The fourth-order valence-corrected chi connectivity index (χ4v) is 2.72. The number of benzene rings is 1. The third-order valence-corrected chi connectivity index (χ3v) is 3.93. The molecule has 100 valence electrons. The van der Waals surface area contributed by atoms with Crippen molar-refractivity contribution in [1.29, 1.82) is 0 Å². The van der Waals surface area contributed by atoms with Crippen LogP contribution in [0.3, 0.4) is 0 Å². The number of rotatable bonds is 4. The van der Waals surface area contributed by atoms with Crippen LogP contribution in [0, 0.1) is 5.82 Å². The van der Waals surface area contributed by atoms with Gasteiger partial charge in [-0.25, -0.2) is 4.39 Å². The summed E-state index contributed by atoms with van der Waals surface area (Å²) in [6, 6.07) is 7.76. The first-order valence-electron chi connectivity index (χ1n) is 5.88. The van der Waals surface area contributed by atoms with Gasteiger partial charge in [0.15, 0.2) is 0 Å². The average molecular weight is 298 g/mol. The Hall–Kier alpha value is -1.39. The highest BCUT2D eigenvalue weighted by atomic mass is 35.5. The van der Waals surface area contributed by atoms with Crippen molar-refractivity contribution >= 4 is 28.8 Å². The summed E-state index contributed by atoms with van der Waals surface area (Å²) in [5, 5.41) is 2.12. The van der Waals surface area contributed by atoms with Crippen molar-refractivity contribution in [3.8, 4) is 0 Å². The van der Waals surface area contributed by atoms with Gasteiger partial charge in [0, 0.05) is 11.4 Å². The zero-order valence-corrected chi connectivity index (χ0v) is 12.0. The smallest absolute Gasteiger partial charge is 0.255 e. The second-order valence-corrected chi connectivity index (χ2v) is 5.46. The molecule has 0 aliphatic rings. The molecule has 1 heterocycles. The second-order valence-electron chi connectivity index (χ2n) is 4.02. The van der Waals surface area contributed by atoms with E-state index in [-0.39, 0.29) is 10.9 Å². The van der Waals surface area contributed by atoms with Gasteiger partial charge in [0.25, 0.3) is 5.91 Å². The minimum atomic E-state index is -0.442. The number of carbonyl (C=O) groups excluding carboxylic acids is 1. The summed E-state index contributed by atoms with van der Waals surface area (Å²) in [5.74, 6) is -0.622. The summed E-state index contributed by atoms with van der Waals surface area (Å²) in [4.78, 5) is 15.1. The van der Waals surface area contributed by atoms with Crippen molar-refractivity contribution in [2.24, 2.45) is 0 Å². The van der Waals surface area contributed by atoms with Crippen LogP contribution in [0.4, 0.5) is 4.39 Å². The molecule has 0 unspecified atom stereocenters. The van der Waals surface area contributed by atoms with Gasteiger partial charge < -0.3 is 4.90 Å². The molecule has 2 aromatic rings. The van der Waals surface area contributed by atoms with Crippen LogP contribution in [0.2, 0.25) is 5.02 Å². The number of hydrogen-bond donors (Lipinski definition) is 0. The first kappa shape index (κ1) is 14.0. The van der Waals surface area contributed by atoms with Crippen LogP contribution in [0.15, 0.2) is 35.7 Å². The van der Waals surface area contributed by atoms with Crippen LogP contribution in [0.1, 0.15) is 22.2 Å². The van der Waals surface area contributed by atoms with E-state index in [2.05, 4.69) is 0 Å². The Kier molecular flexibility index (Phi) is 4.56. The first-order valence-corrected chi connectivity index (χ1v) is 7.14. The maximum absolute atomic E-state index is 13.0. The molecule has 0 aliphatic heterocycles. The minimum Gasteiger partial charge on any atom is -0.334 e. The molecular formula is C14H13ClFNOS. The van der Waals surface area contributed by atoms with E-state index in [1.54, 1.807) is 16.2 Å². The predicted molar refractivity (Wildman–Crippen MR) is 76.1 cm³/mol. The van der Waals surface area contributed by atoms with E-state index in [0.29, 0.717) is 18.7 Å². The number of amides is 1. The predicted octanol–water partition coefficient (Wildman–Crippen LogP) is 4.20. The fraction of sp³-hybridized carbons (Fsp3) is 0.214. The molecule has 2 nitrogen and oxygen atoms in total. The zero-order valence-electron chi connectivity index (χ0n) is 10.4. The van der Waals surface area contributed by atoms with Crippen LogP contribution < -0.4 is 0 Å². The van der Waals surface area contributed by atoms with Crippen molar-refractivity contribution in [2.45, 2.75) is 13.5 Å². The summed E-state index contributed by atoms with van der Waals surface area (Å²) in [7, 11) is 0. The number of carbonyl (C=O) groups is 1. The lowest BCUT2D eigenvalue weighted by Crippen LogP contribution is -2.30. The lowest BCUT2D eigenvalue weighted by atomic mass is 10.2. The molecule has 0 N–H and O–H groups in total. The van der Waals surface area contributed by atoms with Crippen LogP contribution in [-0.4, -0.2) is 17.4 Å². The highest BCUT2D eigenvalue weighted by molar-refractivity contribution is 7.09. The molecular weight excluding hydrogens is 285 g/mol. The Balaban J connectivity index is 2.20. The Bertz CT molecular complexity index is 571. The molecule has 0 atom stereocenters. The molecule has 1 aromatic heterocycles. The zero-order chi connectivity index (χ0) is 13.8. The van der Waals surface area contributed by atoms with E-state index in [1.807, 2.05) is 24.4 Å². The van der Waals surface area contributed by atoms with Gasteiger partial charge in [-0.1, -0.05) is 17.7 Å². The minimum absolute atomic E-state index is 0.148. The summed E-state index contributed by atoms with van der Waals surface area (Å²) in [5.41, 5.74) is 0.335. The molecule has 1 aromatic carbocycles. The van der Waals surface area contributed by atoms with E-state index < -0.39 is 5.82 Å². The van der Waals surface area contributed by atoms with E-state index in [4.69, 9.17) is 11.6 Å². The Morgan fingerprint density at radius 1 is 1.42 bits per heavy atom. The molecule has 0 saturated heterocycles. The van der Waals surface area contributed by atoms with Crippen molar-refractivity contribution in [3.63, 3.8) is 0 Å². The first-order chi connectivity index (χ1) is 9.11. The summed E-state index contributed by atoms with van der Waals surface area (Å²) >= 11 is 7.52. The molecule has 5 heteroatoms. The Labute approximate surface area is 120 Å². The van der Waals surface area contributed by atoms with E-state index in [0.717, 1.165) is 10.9 Å². The Morgan fingerprint density at radius 3 is 2.79 bits per heavy atom. The number of nitrogens with zero attached hydrogens (tertiary/aromatic N) is 1. The summed E-state index contributed by atoms with van der Waals surface area (Å²) in [6.07, 6.45) is 0. The van der Waals surface area contributed by atoms with Gasteiger partial charge in [0.05, 0.1) is 17.1 Å². The second kappa shape index (κ2) is 6.17. The van der Waals surface area contributed by atoms with Gasteiger partial charge in [-0.05, 0) is 36.6 Å². The average Bonchev–Trinajstić information content (AvgIpc) is 2.88. The van der Waals surface area contributed by atoms with E-state index in [1.165, 1.54) is 12.1 Å². The van der Waals surface area contributed by atoms with Crippen molar-refractivity contribution < 1.29 is 9.18 Å². The lowest BCUT2D eigenvalue weighted by Gasteiger charge is -2.20. The Morgan fingerprint density at radius 2 is 2.21 bits per heavy atom. The maximum atomic E-state index is 13.0. The largest absolute Gasteiger partial charge is 0.334 e. The summed E-state index contributed by atoms with van der Waals surface area (Å²) < 4.78 is 13.0. The third-order valence-electron chi connectivity index (χ3n) is 2.76. The lowest BCUT2D eigenvalue weighted by molar-refractivity contribution is 0.0754. The van der Waals surface area contributed by atoms with Crippen LogP contribution in [0.25, 0.3) is 0 Å². The van der Waals surface area contributed by atoms with Crippen LogP contribution in [-0.2, 0) is 6.54 Å². The van der Waals surface area contributed by atoms with Crippen LogP contribution in [0.5, 0.6) is 0 Å². The topological polar surface area (TPSA) is 20.3 Å². The SMILES string of the molecule is CCN(Cc1cccs1)C(=O)c1ccc(F)cc1Cl. The molecule has 0 saturated carbocycles. The highest BCUT2D eigenvalue weighted by Gasteiger charge is 2.18. The van der Waals surface area contributed by atoms with Gasteiger partial charge in [-0.3, -0.25) is 4.79 Å². The standard InChI is InChI=1S/C14H13ClFNOS/c1-2-17(9-11-4-3-7-19-11)14(18)12-6-5-10(16)8-13(12)15/h3-8H,2,9H2,1H3. The molecule has 2 rings (SSSR count). The number of halogens is 2. The van der Waals surface area contributed by atoms with Gasteiger partial charge in [-0.2, -0.15) is 0 Å². The molecule has 0 fully saturated rings. The van der Waals surface area contributed by atoms with Gasteiger partial charge in [0.1, 0.15) is 5.82 Å². The van der Waals surface area contributed by atoms with Crippen LogP contribution >= 0.6 is 22.9 Å². The highest BCUT2D eigenvalue weighted by Crippen LogP contribution is 2.21. The van der Waals surface area contributed by atoms with E-state index in [9.17, 15) is 9.18 Å². The van der Waals surface area contributed by atoms with Crippen molar-refractivity contribution in [3.05, 3.63) is 57.0 Å². The normalized spacial score (nSPS) is 10.5. The quantitative estimate of drug-likeness (QED) is 0.828. The van der Waals surface area contributed by atoms with Gasteiger partial charge in [-0.15, -0.1) is 11.3 Å². The van der Waals surface area contributed by atoms with E-state index >= 15 is 0 Å². The van der Waals surface area contributed by atoms with Crippen molar-refractivity contribution in [1.82, 2.24) is 4.90 Å². The van der Waals surface area contributed by atoms with Gasteiger partial charge >= 0.3 is 0 Å². The monoisotopic (exact) mass is 297 g/mol. The number of hydrogen-bond acceptors (Lipinski definition) is 2. The molecule has 0 bridgehead atoms. The van der Waals surface area contributed by atoms with Crippen molar-refractivity contribution in [2.75, 3.05) is 6.54 Å². The molecule has 0 aliphatic carbocycles. The maximum Gasteiger partial charge on any atom is 0.255 e. The molecule has 0 radical (unpaired) electrons. The molecule has 1 amide bonds. The molecule has 19 heavy (non-hydrogen) atoms. The third kappa shape index (κ3) is 3.33. The number of thiophene rings is 1. The fourth-order valence-electron chi connectivity index (χ4n) is 1.75.